The molecule has 0 aliphatic carbocycles. The van der Waals surface area contributed by atoms with Crippen LogP contribution in [-0.2, 0) is 14.6 Å². The smallest absolute Gasteiger partial charge is 0.224 e. The second-order valence-electron chi connectivity index (χ2n) is 4.20. The third kappa shape index (κ3) is 4.09. The molecule has 94 valence electrons. The van der Waals surface area contributed by atoms with Crippen molar-refractivity contribution in [2.75, 3.05) is 31.1 Å². The van der Waals surface area contributed by atoms with E-state index in [1.165, 1.54) is 0 Å². The van der Waals surface area contributed by atoms with Gasteiger partial charge in [0.2, 0.25) is 5.91 Å². The zero-order valence-corrected chi connectivity index (χ0v) is 10.7. The molecule has 0 radical (unpaired) electrons. The fourth-order valence-electron chi connectivity index (χ4n) is 1.77. The van der Waals surface area contributed by atoms with E-state index in [9.17, 15) is 13.2 Å². The third-order valence-electron chi connectivity index (χ3n) is 2.73. The maximum absolute atomic E-state index is 11.8. The predicted octanol–water partition coefficient (Wildman–Crippen LogP) is -0.368. The Bertz CT molecular complexity index is 326. The number of amides is 1. The van der Waals surface area contributed by atoms with Crippen LogP contribution in [0.2, 0.25) is 0 Å². The summed E-state index contributed by atoms with van der Waals surface area (Å²) in [7, 11) is -2.90. The van der Waals surface area contributed by atoms with Gasteiger partial charge >= 0.3 is 0 Å². The van der Waals surface area contributed by atoms with E-state index in [0.29, 0.717) is 19.5 Å². The molecule has 1 heterocycles. The average molecular weight is 248 g/mol. The number of hydrogen-bond acceptors (Lipinski definition) is 4. The lowest BCUT2D eigenvalue weighted by Crippen LogP contribution is -2.45. The normalized spacial score (nSPS) is 21.8. The van der Waals surface area contributed by atoms with E-state index < -0.39 is 9.84 Å². The van der Waals surface area contributed by atoms with E-state index >= 15 is 0 Å². The molecule has 1 unspecified atom stereocenters. The second-order valence-corrected chi connectivity index (χ2v) is 6.50. The molecule has 1 saturated heterocycles. The van der Waals surface area contributed by atoms with Gasteiger partial charge in [-0.2, -0.15) is 0 Å². The quantitative estimate of drug-likeness (QED) is 0.737. The zero-order valence-electron chi connectivity index (χ0n) is 9.90. The summed E-state index contributed by atoms with van der Waals surface area (Å²) in [6.07, 6.45) is 0.438. The molecule has 0 bridgehead atoms. The van der Waals surface area contributed by atoms with Crippen LogP contribution < -0.4 is 5.32 Å². The third-order valence-corrected chi connectivity index (χ3v) is 4.34. The molecule has 1 atom stereocenters. The Morgan fingerprint density at radius 3 is 2.44 bits per heavy atom. The van der Waals surface area contributed by atoms with Gasteiger partial charge in [-0.1, -0.05) is 6.92 Å². The minimum Gasteiger partial charge on any atom is -0.341 e. The minimum atomic E-state index is -2.90. The predicted molar refractivity (Wildman–Crippen MR) is 63.0 cm³/mol. The Balaban J connectivity index is 2.39. The molecule has 1 rings (SSSR count). The molecular formula is C10H20N2O3S. The number of nitrogens with zero attached hydrogens (tertiary/aromatic N) is 1. The summed E-state index contributed by atoms with van der Waals surface area (Å²) in [5, 5.41) is 3.17. The minimum absolute atomic E-state index is 0.0448. The van der Waals surface area contributed by atoms with Crippen molar-refractivity contribution in [3.63, 3.8) is 0 Å². The number of nitrogens with one attached hydrogen (secondary N) is 1. The molecule has 0 spiro atoms. The molecule has 5 nitrogen and oxygen atoms in total. The van der Waals surface area contributed by atoms with Crippen LogP contribution >= 0.6 is 0 Å². The molecule has 0 saturated carbocycles. The Morgan fingerprint density at radius 2 is 1.94 bits per heavy atom. The SMILES string of the molecule is CCNC(C)CC(=O)N1CCS(=O)(=O)CC1. The number of hydrogen-bond donors (Lipinski definition) is 1. The highest BCUT2D eigenvalue weighted by Crippen LogP contribution is 2.06. The highest BCUT2D eigenvalue weighted by molar-refractivity contribution is 7.91. The number of sulfone groups is 1. The molecule has 0 aromatic carbocycles. The van der Waals surface area contributed by atoms with E-state index in [2.05, 4.69) is 5.32 Å². The van der Waals surface area contributed by atoms with Crippen molar-refractivity contribution in [1.29, 1.82) is 0 Å². The molecule has 1 fully saturated rings. The summed E-state index contributed by atoms with van der Waals surface area (Å²) < 4.78 is 22.4. The summed E-state index contributed by atoms with van der Waals surface area (Å²) in [5.41, 5.74) is 0. The first-order chi connectivity index (χ1) is 7.44. The molecule has 0 aromatic rings. The van der Waals surface area contributed by atoms with Crippen LogP contribution in [-0.4, -0.2) is 56.4 Å². The van der Waals surface area contributed by atoms with Gasteiger partial charge in [-0.15, -0.1) is 0 Å². The standard InChI is InChI=1S/C10H20N2O3S/c1-3-11-9(2)8-10(13)12-4-6-16(14,15)7-5-12/h9,11H,3-8H2,1-2H3. The Hall–Kier alpha value is -0.620. The van der Waals surface area contributed by atoms with Crippen molar-refractivity contribution in [1.82, 2.24) is 10.2 Å². The van der Waals surface area contributed by atoms with Crippen LogP contribution in [0, 0.1) is 0 Å². The topological polar surface area (TPSA) is 66.5 Å². The van der Waals surface area contributed by atoms with Crippen molar-refractivity contribution in [3.05, 3.63) is 0 Å². The van der Waals surface area contributed by atoms with Crippen LogP contribution in [0.25, 0.3) is 0 Å². The maximum Gasteiger partial charge on any atom is 0.224 e. The molecular weight excluding hydrogens is 228 g/mol. The van der Waals surface area contributed by atoms with E-state index in [4.69, 9.17) is 0 Å². The van der Waals surface area contributed by atoms with Crippen molar-refractivity contribution in [3.8, 4) is 0 Å². The van der Waals surface area contributed by atoms with Crippen LogP contribution in [0.4, 0.5) is 0 Å². The van der Waals surface area contributed by atoms with Crippen LogP contribution in [0.1, 0.15) is 20.3 Å². The Labute approximate surface area is 97.1 Å². The lowest BCUT2D eigenvalue weighted by Gasteiger charge is -2.27. The highest BCUT2D eigenvalue weighted by Gasteiger charge is 2.25. The first kappa shape index (κ1) is 13.4. The summed E-state index contributed by atoms with van der Waals surface area (Å²) in [6, 6.07) is 0.149. The highest BCUT2D eigenvalue weighted by atomic mass is 32.2. The fourth-order valence-corrected chi connectivity index (χ4v) is 2.97. The zero-order chi connectivity index (χ0) is 12.2. The van der Waals surface area contributed by atoms with Crippen molar-refractivity contribution in [2.24, 2.45) is 0 Å². The monoisotopic (exact) mass is 248 g/mol. The first-order valence-corrected chi connectivity index (χ1v) is 7.48. The van der Waals surface area contributed by atoms with Gasteiger partial charge in [-0.3, -0.25) is 4.79 Å². The summed E-state index contributed by atoms with van der Waals surface area (Å²) in [4.78, 5) is 13.4. The van der Waals surface area contributed by atoms with E-state index in [1.54, 1.807) is 4.90 Å². The molecule has 1 amide bonds. The molecule has 0 aromatic heterocycles. The Kier molecular flexibility index (Phi) is 4.73. The van der Waals surface area contributed by atoms with E-state index in [1.807, 2.05) is 13.8 Å². The van der Waals surface area contributed by atoms with Crippen molar-refractivity contribution < 1.29 is 13.2 Å². The van der Waals surface area contributed by atoms with Crippen molar-refractivity contribution in [2.45, 2.75) is 26.3 Å². The van der Waals surface area contributed by atoms with Gasteiger partial charge in [-0.05, 0) is 13.5 Å². The van der Waals surface area contributed by atoms with Gasteiger partial charge in [-0.25, -0.2) is 8.42 Å². The molecule has 1 N–H and O–H groups in total. The van der Waals surface area contributed by atoms with Gasteiger partial charge in [0.25, 0.3) is 0 Å². The lowest BCUT2D eigenvalue weighted by molar-refractivity contribution is -0.131. The van der Waals surface area contributed by atoms with Gasteiger partial charge in [0.1, 0.15) is 0 Å². The largest absolute Gasteiger partial charge is 0.341 e. The van der Waals surface area contributed by atoms with Crippen LogP contribution in [0.3, 0.4) is 0 Å². The van der Waals surface area contributed by atoms with Gasteiger partial charge in [0.05, 0.1) is 11.5 Å². The van der Waals surface area contributed by atoms with Crippen molar-refractivity contribution >= 4 is 15.7 Å². The molecule has 16 heavy (non-hydrogen) atoms. The molecule has 1 aliphatic rings. The maximum atomic E-state index is 11.8. The van der Waals surface area contributed by atoms with E-state index in [0.717, 1.165) is 6.54 Å². The molecule has 1 aliphatic heterocycles. The average Bonchev–Trinajstić information content (AvgIpc) is 2.17. The van der Waals surface area contributed by atoms with E-state index in [-0.39, 0.29) is 23.5 Å². The van der Waals surface area contributed by atoms with Crippen LogP contribution in [0.5, 0.6) is 0 Å². The Morgan fingerprint density at radius 1 is 1.38 bits per heavy atom. The fraction of sp³-hybridized carbons (Fsp3) is 0.900. The summed E-state index contributed by atoms with van der Waals surface area (Å²) >= 11 is 0. The second kappa shape index (κ2) is 5.63. The lowest BCUT2D eigenvalue weighted by atomic mass is 10.2. The number of carbonyl (C=O) groups excluding carboxylic acids is 1. The first-order valence-electron chi connectivity index (χ1n) is 5.66. The number of carbonyl (C=O) groups is 1. The van der Waals surface area contributed by atoms with Gasteiger partial charge in [0, 0.05) is 25.6 Å². The van der Waals surface area contributed by atoms with Gasteiger partial charge < -0.3 is 10.2 Å². The van der Waals surface area contributed by atoms with Gasteiger partial charge in [0.15, 0.2) is 9.84 Å². The van der Waals surface area contributed by atoms with Crippen LogP contribution in [0.15, 0.2) is 0 Å². The summed E-state index contributed by atoms with van der Waals surface area (Å²) in [6.45, 7) is 5.49. The number of rotatable bonds is 4. The molecule has 6 heteroatoms. The summed E-state index contributed by atoms with van der Waals surface area (Å²) in [5.74, 6) is 0.256.